The van der Waals surface area contributed by atoms with Crippen molar-refractivity contribution in [2.24, 2.45) is 0 Å². The number of unbranched alkanes of at least 4 members (excludes halogenated alkanes) is 1. The highest BCUT2D eigenvalue weighted by molar-refractivity contribution is 5.90. The molecule has 110 valence electrons. The van der Waals surface area contributed by atoms with Crippen LogP contribution in [-0.2, 0) is 9.59 Å². The van der Waals surface area contributed by atoms with Gasteiger partial charge in [0.1, 0.15) is 6.04 Å². The number of hydrogen-bond acceptors (Lipinski definition) is 3. The average molecular weight is 270 g/mol. The summed E-state index contributed by atoms with van der Waals surface area (Å²) in [6, 6.07) is -0.761. The molecule has 1 rings (SSSR count). The minimum atomic E-state index is -0.938. The SMILES string of the molecule is CCCC[C@H](NC(=O)C1(CCC)CCCN1)C(=O)O. The zero-order chi connectivity index (χ0) is 14.3. The van der Waals surface area contributed by atoms with Gasteiger partial charge in [0.15, 0.2) is 0 Å². The fourth-order valence-electron chi connectivity index (χ4n) is 2.72. The minimum absolute atomic E-state index is 0.143. The largest absolute Gasteiger partial charge is 0.480 e. The van der Waals surface area contributed by atoms with Crippen LogP contribution in [0, 0.1) is 0 Å². The quantitative estimate of drug-likeness (QED) is 0.627. The standard InChI is InChI=1S/C14H26N2O3/c1-3-5-7-11(12(17)18)16-13(19)14(8-4-2)9-6-10-15-14/h11,15H,3-10H2,1-2H3,(H,16,19)(H,17,18)/t11-,14?/m0/s1. The van der Waals surface area contributed by atoms with Gasteiger partial charge in [-0.2, -0.15) is 0 Å². The van der Waals surface area contributed by atoms with Crippen LogP contribution < -0.4 is 10.6 Å². The molecule has 0 saturated carbocycles. The maximum atomic E-state index is 12.4. The van der Waals surface area contributed by atoms with Crippen LogP contribution in [0.15, 0.2) is 0 Å². The van der Waals surface area contributed by atoms with Gasteiger partial charge in [-0.15, -0.1) is 0 Å². The van der Waals surface area contributed by atoms with Gasteiger partial charge in [0.05, 0.1) is 5.54 Å². The van der Waals surface area contributed by atoms with E-state index < -0.39 is 17.6 Å². The molecule has 1 saturated heterocycles. The van der Waals surface area contributed by atoms with Crippen LogP contribution in [0.1, 0.15) is 58.8 Å². The van der Waals surface area contributed by atoms with Crippen LogP contribution in [0.2, 0.25) is 0 Å². The predicted molar refractivity (Wildman–Crippen MR) is 74.0 cm³/mol. The van der Waals surface area contributed by atoms with Crippen LogP contribution in [0.25, 0.3) is 0 Å². The summed E-state index contributed by atoms with van der Waals surface area (Å²) in [6.45, 7) is 4.89. The summed E-state index contributed by atoms with van der Waals surface area (Å²) in [6.07, 6.45) is 5.68. The van der Waals surface area contributed by atoms with E-state index in [9.17, 15) is 14.7 Å². The highest BCUT2D eigenvalue weighted by Gasteiger charge is 2.41. The molecular formula is C14H26N2O3. The fraction of sp³-hybridized carbons (Fsp3) is 0.857. The number of rotatable bonds is 8. The van der Waals surface area contributed by atoms with E-state index in [0.29, 0.717) is 6.42 Å². The van der Waals surface area contributed by atoms with Crippen LogP contribution in [0.5, 0.6) is 0 Å². The van der Waals surface area contributed by atoms with Crippen molar-refractivity contribution in [1.29, 1.82) is 0 Å². The van der Waals surface area contributed by atoms with Crippen molar-refractivity contribution in [3.63, 3.8) is 0 Å². The summed E-state index contributed by atoms with van der Waals surface area (Å²) < 4.78 is 0. The second-order valence-electron chi connectivity index (χ2n) is 5.37. The lowest BCUT2D eigenvalue weighted by molar-refractivity contribution is -0.143. The van der Waals surface area contributed by atoms with Crippen LogP contribution in [0.4, 0.5) is 0 Å². The number of carbonyl (C=O) groups is 2. The Kier molecular flexibility index (Phi) is 6.28. The first kappa shape index (κ1) is 16.0. The monoisotopic (exact) mass is 270 g/mol. The normalized spacial score (nSPS) is 24.1. The Morgan fingerprint density at radius 3 is 2.58 bits per heavy atom. The molecule has 1 aliphatic rings. The Morgan fingerprint density at radius 2 is 2.11 bits per heavy atom. The molecule has 0 aromatic heterocycles. The zero-order valence-corrected chi connectivity index (χ0v) is 12.0. The fourth-order valence-corrected chi connectivity index (χ4v) is 2.72. The lowest BCUT2D eigenvalue weighted by Crippen LogP contribution is -2.57. The first-order valence-electron chi connectivity index (χ1n) is 7.34. The van der Waals surface area contributed by atoms with Gasteiger partial charge in [-0.1, -0.05) is 33.1 Å². The van der Waals surface area contributed by atoms with Crippen LogP contribution in [0.3, 0.4) is 0 Å². The first-order valence-corrected chi connectivity index (χ1v) is 7.34. The third-order valence-electron chi connectivity index (χ3n) is 3.80. The van der Waals surface area contributed by atoms with Gasteiger partial charge in [0.25, 0.3) is 0 Å². The van der Waals surface area contributed by atoms with Gasteiger partial charge < -0.3 is 15.7 Å². The maximum absolute atomic E-state index is 12.4. The van der Waals surface area contributed by atoms with Gasteiger partial charge in [-0.05, 0) is 32.2 Å². The molecule has 0 aliphatic carbocycles. The van der Waals surface area contributed by atoms with Crippen molar-refractivity contribution in [3.8, 4) is 0 Å². The van der Waals surface area contributed by atoms with Crippen molar-refractivity contribution in [3.05, 3.63) is 0 Å². The molecule has 0 spiro atoms. The average Bonchev–Trinajstić information content (AvgIpc) is 2.84. The Hall–Kier alpha value is -1.10. The first-order chi connectivity index (χ1) is 9.05. The smallest absolute Gasteiger partial charge is 0.326 e. The van der Waals surface area contributed by atoms with E-state index in [1.54, 1.807) is 0 Å². The number of amides is 1. The Bertz CT molecular complexity index is 312. The van der Waals surface area contributed by atoms with Crippen molar-refractivity contribution >= 4 is 11.9 Å². The lowest BCUT2D eigenvalue weighted by atomic mass is 9.90. The molecule has 3 N–H and O–H groups in total. The molecule has 5 heteroatoms. The van der Waals surface area contributed by atoms with Crippen LogP contribution >= 0.6 is 0 Å². The molecule has 1 heterocycles. The van der Waals surface area contributed by atoms with Crippen molar-refractivity contribution in [2.75, 3.05) is 6.54 Å². The molecule has 1 aliphatic heterocycles. The van der Waals surface area contributed by atoms with E-state index in [2.05, 4.69) is 10.6 Å². The van der Waals surface area contributed by atoms with E-state index in [4.69, 9.17) is 0 Å². The summed E-state index contributed by atoms with van der Waals surface area (Å²) in [7, 11) is 0. The highest BCUT2D eigenvalue weighted by Crippen LogP contribution is 2.25. The Labute approximate surface area is 115 Å². The van der Waals surface area contributed by atoms with E-state index in [1.165, 1.54) is 0 Å². The topological polar surface area (TPSA) is 78.4 Å². The molecule has 0 aromatic rings. The summed E-state index contributed by atoms with van der Waals surface area (Å²) in [5.41, 5.74) is -0.547. The summed E-state index contributed by atoms with van der Waals surface area (Å²) in [5.74, 6) is -1.08. The summed E-state index contributed by atoms with van der Waals surface area (Å²) >= 11 is 0. The Balaban J connectivity index is 2.65. The van der Waals surface area contributed by atoms with Gasteiger partial charge in [-0.25, -0.2) is 4.79 Å². The number of carbonyl (C=O) groups excluding carboxylic acids is 1. The number of carboxylic acid groups (broad SMARTS) is 1. The molecule has 0 bridgehead atoms. The van der Waals surface area contributed by atoms with Gasteiger partial charge >= 0.3 is 5.97 Å². The van der Waals surface area contributed by atoms with E-state index >= 15 is 0 Å². The number of aliphatic carboxylic acids is 1. The number of carboxylic acids is 1. The lowest BCUT2D eigenvalue weighted by Gasteiger charge is -2.29. The summed E-state index contributed by atoms with van der Waals surface area (Å²) in [5, 5.41) is 15.2. The van der Waals surface area contributed by atoms with Crippen molar-refractivity contribution in [1.82, 2.24) is 10.6 Å². The maximum Gasteiger partial charge on any atom is 0.326 e. The number of nitrogens with one attached hydrogen (secondary N) is 2. The minimum Gasteiger partial charge on any atom is -0.480 e. The molecule has 1 fully saturated rings. The molecule has 1 amide bonds. The summed E-state index contributed by atoms with van der Waals surface area (Å²) in [4.78, 5) is 23.6. The third kappa shape index (κ3) is 4.20. The highest BCUT2D eigenvalue weighted by atomic mass is 16.4. The van der Waals surface area contributed by atoms with Gasteiger partial charge in [0, 0.05) is 0 Å². The van der Waals surface area contributed by atoms with Crippen molar-refractivity contribution in [2.45, 2.75) is 70.4 Å². The second kappa shape index (κ2) is 7.48. The molecule has 0 radical (unpaired) electrons. The Morgan fingerprint density at radius 1 is 1.37 bits per heavy atom. The molecule has 19 heavy (non-hydrogen) atoms. The molecule has 1 unspecified atom stereocenters. The van der Waals surface area contributed by atoms with E-state index in [-0.39, 0.29) is 5.91 Å². The van der Waals surface area contributed by atoms with Crippen LogP contribution in [-0.4, -0.2) is 35.1 Å². The van der Waals surface area contributed by atoms with Gasteiger partial charge in [0.2, 0.25) is 5.91 Å². The van der Waals surface area contributed by atoms with Crippen molar-refractivity contribution < 1.29 is 14.7 Å². The number of hydrogen-bond donors (Lipinski definition) is 3. The van der Waals surface area contributed by atoms with Gasteiger partial charge in [-0.3, -0.25) is 4.79 Å². The van der Waals surface area contributed by atoms with E-state index in [1.807, 2.05) is 13.8 Å². The molecule has 0 aromatic carbocycles. The molecule has 5 nitrogen and oxygen atoms in total. The molecular weight excluding hydrogens is 244 g/mol. The van der Waals surface area contributed by atoms with E-state index in [0.717, 1.165) is 45.1 Å². The second-order valence-corrected chi connectivity index (χ2v) is 5.37. The third-order valence-corrected chi connectivity index (χ3v) is 3.80. The zero-order valence-electron chi connectivity index (χ0n) is 12.0. The predicted octanol–water partition coefficient (Wildman–Crippen LogP) is 1.67. The molecule has 2 atom stereocenters.